The van der Waals surface area contributed by atoms with E-state index in [0.29, 0.717) is 11.6 Å². The SMILES string of the molecule is N#Cc1ccc(N2CCCC(CCO)C2)cn1. The Labute approximate surface area is 102 Å². The van der Waals surface area contributed by atoms with Gasteiger partial charge < -0.3 is 10.0 Å². The maximum atomic E-state index is 8.98. The summed E-state index contributed by atoms with van der Waals surface area (Å²) in [6, 6.07) is 5.73. The van der Waals surface area contributed by atoms with Crippen LogP contribution in [-0.2, 0) is 0 Å². The van der Waals surface area contributed by atoms with E-state index in [2.05, 4.69) is 9.88 Å². The summed E-state index contributed by atoms with van der Waals surface area (Å²) in [7, 11) is 0. The molecule has 90 valence electrons. The van der Waals surface area contributed by atoms with Gasteiger partial charge in [-0.3, -0.25) is 0 Å². The summed E-state index contributed by atoms with van der Waals surface area (Å²) in [4.78, 5) is 6.38. The molecule has 0 spiro atoms. The highest BCUT2D eigenvalue weighted by Crippen LogP contribution is 2.24. The molecule has 0 saturated carbocycles. The summed E-state index contributed by atoms with van der Waals surface area (Å²) in [5.41, 5.74) is 1.53. The van der Waals surface area contributed by atoms with Gasteiger partial charge in [-0.15, -0.1) is 0 Å². The maximum Gasteiger partial charge on any atom is 0.140 e. The van der Waals surface area contributed by atoms with Crippen LogP contribution in [0.1, 0.15) is 25.0 Å². The summed E-state index contributed by atoms with van der Waals surface area (Å²) in [6.45, 7) is 2.29. The number of anilines is 1. The third-order valence-corrected chi connectivity index (χ3v) is 3.28. The Hall–Kier alpha value is -1.60. The van der Waals surface area contributed by atoms with E-state index < -0.39 is 0 Å². The molecule has 4 nitrogen and oxygen atoms in total. The van der Waals surface area contributed by atoms with Gasteiger partial charge in [-0.2, -0.15) is 5.26 Å². The van der Waals surface area contributed by atoms with Crippen molar-refractivity contribution in [3.63, 3.8) is 0 Å². The molecule has 0 radical (unpaired) electrons. The zero-order chi connectivity index (χ0) is 12.1. The molecule has 2 rings (SSSR count). The lowest BCUT2D eigenvalue weighted by atomic mass is 9.95. The van der Waals surface area contributed by atoms with Crippen LogP contribution in [0.3, 0.4) is 0 Å². The molecule has 4 heteroatoms. The van der Waals surface area contributed by atoms with E-state index in [0.717, 1.165) is 31.6 Å². The third kappa shape index (κ3) is 2.95. The monoisotopic (exact) mass is 231 g/mol. The molecule has 1 fully saturated rings. The summed E-state index contributed by atoms with van der Waals surface area (Å²) in [5.74, 6) is 0.574. The summed E-state index contributed by atoms with van der Waals surface area (Å²) in [5, 5.41) is 17.7. The fourth-order valence-electron chi connectivity index (χ4n) is 2.36. The fraction of sp³-hybridized carbons (Fsp3) is 0.538. The van der Waals surface area contributed by atoms with E-state index in [1.807, 2.05) is 12.1 Å². The number of piperidine rings is 1. The van der Waals surface area contributed by atoms with E-state index in [4.69, 9.17) is 10.4 Å². The molecular formula is C13H17N3O. The van der Waals surface area contributed by atoms with E-state index in [9.17, 15) is 0 Å². The van der Waals surface area contributed by atoms with Crippen LogP contribution in [0.15, 0.2) is 18.3 Å². The first-order valence-corrected chi connectivity index (χ1v) is 6.05. The minimum absolute atomic E-state index is 0.268. The lowest BCUT2D eigenvalue weighted by Crippen LogP contribution is -2.35. The van der Waals surface area contributed by atoms with Gasteiger partial charge in [0.15, 0.2) is 0 Å². The van der Waals surface area contributed by atoms with Gasteiger partial charge in [0.05, 0.1) is 11.9 Å². The van der Waals surface area contributed by atoms with Crippen LogP contribution in [-0.4, -0.2) is 29.8 Å². The minimum Gasteiger partial charge on any atom is -0.396 e. The van der Waals surface area contributed by atoms with Crippen LogP contribution >= 0.6 is 0 Å². The zero-order valence-electron chi connectivity index (χ0n) is 9.84. The molecule has 1 unspecified atom stereocenters. The van der Waals surface area contributed by atoms with E-state index in [-0.39, 0.29) is 6.61 Å². The van der Waals surface area contributed by atoms with Gasteiger partial charge in [-0.05, 0) is 37.3 Å². The first kappa shape index (κ1) is 11.9. The van der Waals surface area contributed by atoms with Gasteiger partial charge in [0.1, 0.15) is 11.8 Å². The smallest absolute Gasteiger partial charge is 0.140 e. The minimum atomic E-state index is 0.268. The van der Waals surface area contributed by atoms with Gasteiger partial charge in [-0.1, -0.05) is 0 Å². The van der Waals surface area contributed by atoms with Crippen molar-refractivity contribution >= 4 is 5.69 Å². The van der Waals surface area contributed by atoms with Gasteiger partial charge in [0.2, 0.25) is 0 Å². The summed E-state index contributed by atoms with van der Waals surface area (Å²) >= 11 is 0. The number of rotatable bonds is 3. The van der Waals surface area contributed by atoms with E-state index in [1.165, 1.54) is 6.42 Å². The van der Waals surface area contributed by atoms with Gasteiger partial charge in [-0.25, -0.2) is 4.98 Å². The molecule has 0 aliphatic carbocycles. The molecule has 1 atom stereocenters. The number of aliphatic hydroxyl groups excluding tert-OH is 1. The Kier molecular flexibility index (Phi) is 3.94. The lowest BCUT2D eigenvalue weighted by molar-refractivity contribution is 0.244. The highest BCUT2D eigenvalue weighted by molar-refractivity contribution is 5.46. The Morgan fingerprint density at radius 2 is 2.41 bits per heavy atom. The molecule has 17 heavy (non-hydrogen) atoms. The molecule has 1 aromatic heterocycles. The standard InChI is InChI=1S/C13H17N3O/c14-8-12-3-4-13(9-15-12)16-6-1-2-11(10-16)5-7-17/h3-4,9,11,17H,1-2,5-7,10H2. The average Bonchev–Trinajstić information content (AvgIpc) is 2.40. The molecule has 1 aromatic rings. The summed E-state index contributed by atoms with van der Waals surface area (Å²) < 4.78 is 0. The van der Waals surface area contributed by atoms with Crippen LogP contribution in [0.4, 0.5) is 5.69 Å². The number of hydrogen-bond donors (Lipinski definition) is 1. The molecule has 1 N–H and O–H groups in total. The van der Waals surface area contributed by atoms with Crippen LogP contribution in [0.25, 0.3) is 0 Å². The number of hydrogen-bond acceptors (Lipinski definition) is 4. The molecule has 0 bridgehead atoms. The number of nitriles is 1. The summed E-state index contributed by atoms with van der Waals surface area (Å²) in [6.07, 6.45) is 4.99. The van der Waals surface area contributed by atoms with Crippen molar-refractivity contribution in [2.45, 2.75) is 19.3 Å². The average molecular weight is 231 g/mol. The van der Waals surface area contributed by atoms with Crippen molar-refractivity contribution in [3.8, 4) is 6.07 Å². The van der Waals surface area contributed by atoms with Gasteiger partial charge in [0.25, 0.3) is 0 Å². The number of aromatic nitrogens is 1. The Balaban J connectivity index is 2.03. The topological polar surface area (TPSA) is 60.2 Å². The predicted octanol–water partition coefficient (Wildman–Crippen LogP) is 1.55. The van der Waals surface area contributed by atoms with Crippen LogP contribution < -0.4 is 4.90 Å². The Bertz CT molecular complexity index is 394. The quantitative estimate of drug-likeness (QED) is 0.857. The molecular weight excluding hydrogens is 214 g/mol. The Morgan fingerprint density at radius 3 is 3.06 bits per heavy atom. The molecule has 0 amide bonds. The van der Waals surface area contributed by atoms with E-state index >= 15 is 0 Å². The zero-order valence-corrected chi connectivity index (χ0v) is 9.84. The number of pyridine rings is 1. The second-order valence-electron chi connectivity index (χ2n) is 4.48. The highest BCUT2D eigenvalue weighted by Gasteiger charge is 2.19. The maximum absolute atomic E-state index is 8.98. The van der Waals surface area contributed by atoms with Gasteiger partial charge in [0, 0.05) is 19.7 Å². The second kappa shape index (κ2) is 5.65. The van der Waals surface area contributed by atoms with Crippen molar-refractivity contribution in [2.24, 2.45) is 5.92 Å². The second-order valence-corrected chi connectivity index (χ2v) is 4.48. The Morgan fingerprint density at radius 1 is 1.53 bits per heavy atom. The number of nitrogens with zero attached hydrogens (tertiary/aromatic N) is 3. The molecule has 1 aliphatic heterocycles. The highest BCUT2D eigenvalue weighted by atomic mass is 16.3. The first-order chi connectivity index (χ1) is 8.33. The van der Waals surface area contributed by atoms with Crippen molar-refractivity contribution in [1.29, 1.82) is 5.26 Å². The molecule has 1 aliphatic rings. The van der Waals surface area contributed by atoms with Crippen molar-refractivity contribution in [1.82, 2.24) is 4.98 Å². The fourth-order valence-corrected chi connectivity index (χ4v) is 2.36. The largest absolute Gasteiger partial charge is 0.396 e. The molecule has 0 aromatic carbocycles. The third-order valence-electron chi connectivity index (χ3n) is 3.28. The normalized spacial score (nSPS) is 20.0. The van der Waals surface area contributed by atoms with E-state index in [1.54, 1.807) is 12.3 Å². The molecule has 1 saturated heterocycles. The van der Waals surface area contributed by atoms with Crippen LogP contribution in [0.5, 0.6) is 0 Å². The van der Waals surface area contributed by atoms with Crippen molar-refractivity contribution in [2.75, 3.05) is 24.6 Å². The predicted molar refractivity (Wildman–Crippen MR) is 65.6 cm³/mol. The van der Waals surface area contributed by atoms with Crippen LogP contribution in [0, 0.1) is 17.2 Å². The van der Waals surface area contributed by atoms with Gasteiger partial charge >= 0.3 is 0 Å². The van der Waals surface area contributed by atoms with Crippen LogP contribution in [0.2, 0.25) is 0 Å². The number of aliphatic hydroxyl groups is 1. The first-order valence-electron chi connectivity index (χ1n) is 6.05. The van der Waals surface area contributed by atoms with Crippen molar-refractivity contribution in [3.05, 3.63) is 24.0 Å². The van der Waals surface area contributed by atoms with Crippen molar-refractivity contribution < 1.29 is 5.11 Å². The molecule has 2 heterocycles. The lowest BCUT2D eigenvalue weighted by Gasteiger charge is -2.34.